The maximum absolute atomic E-state index is 12.4. The molecule has 3 N–H and O–H groups in total. The van der Waals surface area contributed by atoms with E-state index in [0.29, 0.717) is 17.3 Å². The molecule has 2 bridgehead atoms. The smallest absolute Gasteiger partial charge is 0.404 e. The average molecular weight is 350 g/mol. The van der Waals surface area contributed by atoms with Crippen molar-refractivity contribution >= 4 is 13.0 Å². The maximum atomic E-state index is 12.4. The quantitative estimate of drug-likeness (QED) is 0.748. The summed E-state index contributed by atoms with van der Waals surface area (Å²) in [5, 5.41) is 3.09. The molecule has 1 amide bonds. The number of carbonyl (C=O) groups is 1. The molecule has 0 spiro atoms. The van der Waals surface area contributed by atoms with E-state index in [1.54, 1.807) is 13.8 Å². The molecule has 4 rings (SSSR count). The molecule has 0 aromatic rings. The first kappa shape index (κ1) is 19.2. The molecule has 1 heterocycles. The molecule has 1 saturated heterocycles. The second-order valence-corrected chi connectivity index (χ2v) is 10.3. The Kier molecular flexibility index (Phi) is 4.58. The van der Waals surface area contributed by atoms with Crippen molar-refractivity contribution in [1.82, 2.24) is 5.32 Å². The van der Waals surface area contributed by atoms with E-state index in [9.17, 15) is 4.79 Å². The third kappa shape index (κ3) is 3.15. The van der Waals surface area contributed by atoms with Gasteiger partial charge in [0, 0.05) is 0 Å². The van der Waals surface area contributed by atoms with Gasteiger partial charge in [0.05, 0.1) is 23.2 Å². The van der Waals surface area contributed by atoms with Gasteiger partial charge in [0.2, 0.25) is 5.91 Å². The van der Waals surface area contributed by atoms with E-state index in [2.05, 4.69) is 39.9 Å². The Bertz CT molecular complexity index is 545. The van der Waals surface area contributed by atoms with Gasteiger partial charge in [-0.3, -0.25) is 4.79 Å². The van der Waals surface area contributed by atoms with E-state index in [4.69, 9.17) is 15.0 Å². The minimum atomic E-state index is -0.909. The lowest BCUT2D eigenvalue weighted by Gasteiger charge is -2.64. The van der Waals surface area contributed by atoms with Gasteiger partial charge in [-0.25, -0.2) is 0 Å². The van der Waals surface area contributed by atoms with E-state index >= 15 is 0 Å². The molecule has 0 aromatic carbocycles. The molecule has 0 radical (unpaired) electrons. The predicted octanol–water partition coefficient (Wildman–Crippen LogP) is 2.52. The Hall–Kier alpha value is -0.585. The van der Waals surface area contributed by atoms with Crippen molar-refractivity contribution < 1.29 is 14.1 Å². The summed E-state index contributed by atoms with van der Waals surface area (Å²) in [6, 6.07) is 0. The molecular formula is C19H35BN2O3. The van der Waals surface area contributed by atoms with Crippen molar-refractivity contribution in [2.24, 2.45) is 28.9 Å². The van der Waals surface area contributed by atoms with Crippen LogP contribution in [0.2, 0.25) is 0 Å². The van der Waals surface area contributed by atoms with Crippen molar-refractivity contribution in [1.29, 1.82) is 0 Å². The predicted molar refractivity (Wildman–Crippen MR) is 99.8 cm³/mol. The van der Waals surface area contributed by atoms with E-state index in [1.807, 2.05) is 0 Å². The second kappa shape index (κ2) is 5.96. The van der Waals surface area contributed by atoms with Gasteiger partial charge in [0.25, 0.3) is 0 Å². The number of hydrogen-bond donors (Lipinski definition) is 2. The van der Waals surface area contributed by atoms with Crippen LogP contribution in [0.5, 0.6) is 0 Å². The fourth-order valence-corrected chi connectivity index (χ4v) is 5.17. The number of carbonyl (C=O) groups excluding carboxylic acids is 1. The topological polar surface area (TPSA) is 73.6 Å². The van der Waals surface area contributed by atoms with Crippen LogP contribution in [0.1, 0.15) is 67.7 Å². The van der Waals surface area contributed by atoms with Gasteiger partial charge >= 0.3 is 7.12 Å². The van der Waals surface area contributed by atoms with Crippen LogP contribution in [-0.4, -0.2) is 36.2 Å². The third-order valence-electron chi connectivity index (χ3n) is 6.92. The lowest BCUT2D eigenvalue weighted by molar-refractivity contribution is -0.199. The third-order valence-corrected chi connectivity index (χ3v) is 6.92. The Balaban J connectivity index is 1.76. The van der Waals surface area contributed by atoms with Crippen molar-refractivity contribution in [3.8, 4) is 0 Å². The molecule has 4 aliphatic rings. The highest BCUT2D eigenvalue weighted by atomic mass is 16.7. The van der Waals surface area contributed by atoms with Gasteiger partial charge in [-0.1, -0.05) is 27.7 Å². The zero-order valence-corrected chi connectivity index (χ0v) is 16.9. The molecule has 4 fully saturated rings. The zero-order valence-electron chi connectivity index (χ0n) is 16.9. The minimum absolute atomic E-state index is 0.131. The van der Waals surface area contributed by atoms with E-state index in [1.165, 1.54) is 6.42 Å². The molecule has 1 aliphatic heterocycles. The van der Waals surface area contributed by atoms with Crippen molar-refractivity contribution in [2.75, 3.05) is 0 Å². The summed E-state index contributed by atoms with van der Waals surface area (Å²) in [5.41, 5.74) is 5.13. The van der Waals surface area contributed by atoms with Gasteiger partial charge in [-0.2, -0.15) is 0 Å². The Morgan fingerprint density at radius 1 is 1.32 bits per heavy atom. The molecule has 0 unspecified atom stereocenters. The summed E-state index contributed by atoms with van der Waals surface area (Å²) in [4.78, 5) is 12.4. The molecule has 25 heavy (non-hydrogen) atoms. The normalized spacial score (nSPS) is 37.5. The average Bonchev–Trinajstić information content (AvgIpc) is 2.81. The van der Waals surface area contributed by atoms with E-state index < -0.39 is 5.54 Å². The van der Waals surface area contributed by atoms with Crippen LogP contribution in [0.4, 0.5) is 0 Å². The van der Waals surface area contributed by atoms with Gasteiger partial charge in [0.1, 0.15) is 0 Å². The molecule has 3 aliphatic carbocycles. The van der Waals surface area contributed by atoms with Gasteiger partial charge in [0.15, 0.2) is 0 Å². The Morgan fingerprint density at radius 3 is 2.48 bits per heavy atom. The number of hydrogen-bond acceptors (Lipinski definition) is 4. The molecule has 0 aromatic heterocycles. The van der Waals surface area contributed by atoms with Crippen LogP contribution in [0, 0.1) is 23.2 Å². The summed E-state index contributed by atoms with van der Waals surface area (Å²) in [7, 11) is -0.390. The van der Waals surface area contributed by atoms with Crippen molar-refractivity contribution in [3.63, 3.8) is 0 Å². The number of nitrogens with two attached hydrogens (primary N) is 1. The summed E-state index contributed by atoms with van der Waals surface area (Å²) >= 11 is 0. The van der Waals surface area contributed by atoms with Crippen molar-refractivity contribution in [2.45, 2.75) is 90.9 Å². The van der Waals surface area contributed by atoms with E-state index in [0.717, 1.165) is 18.8 Å². The Morgan fingerprint density at radius 2 is 1.96 bits per heavy atom. The molecule has 142 valence electrons. The monoisotopic (exact) mass is 350 g/mol. The fourth-order valence-electron chi connectivity index (χ4n) is 5.17. The highest BCUT2D eigenvalue weighted by Crippen LogP contribution is 2.65. The lowest BCUT2D eigenvalue weighted by Crippen LogP contribution is -2.65. The summed E-state index contributed by atoms with van der Waals surface area (Å²) in [5.74, 6) is 1.35. The zero-order chi connectivity index (χ0) is 18.8. The molecule has 3 saturated carbocycles. The molecule has 5 atom stereocenters. The van der Waals surface area contributed by atoms with Crippen LogP contribution < -0.4 is 11.1 Å². The largest absolute Gasteiger partial charge is 0.481 e. The summed E-state index contributed by atoms with van der Waals surface area (Å²) in [6.45, 7) is 14.7. The fraction of sp³-hybridized carbons (Fsp3) is 0.947. The first-order valence-corrected chi connectivity index (χ1v) is 9.78. The van der Waals surface area contributed by atoms with Crippen LogP contribution in [-0.2, 0) is 14.1 Å². The molecular weight excluding hydrogens is 315 g/mol. The highest BCUT2D eigenvalue weighted by molar-refractivity contribution is 6.48. The van der Waals surface area contributed by atoms with Gasteiger partial charge in [-0.05, 0) is 63.2 Å². The van der Waals surface area contributed by atoms with Crippen LogP contribution >= 0.6 is 0 Å². The maximum Gasteiger partial charge on any atom is 0.481 e. The Labute approximate surface area is 152 Å². The van der Waals surface area contributed by atoms with Crippen LogP contribution in [0.25, 0.3) is 0 Å². The van der Waals surface area contributed by atoms with E-state index in [-0.39, 0.29) is 30.7 Å². The second-order valence-electron chi connectivity index (χ2n) is 10.3. The van der Waals surface area contributed by atoms with Crippen LogP contribution in [0.3, 0.4) is 0 Å². The van der Waals surface area contributed by atoms with Gasteiger partial charge < -0.3 is 20.4 Å². The number of nitrogens with one attached hydrogen (secondary N) is 1. The molecule has 5 nitrogen and oxygen atoms in total. The standard InChI is InChI=1S/C19H35BN2O3/c1-11(2)8-15(22-16(23)18(5,6)21)20-24-14-10-12-9-13(17(12,3)4)19(14,7)25-20/h11-15H,8-10,21H2,1-7H3,(H,22,23)/t12-,13-,14+,15-,19-/m0/s1. The lowest BCUT2D eigenvalue weighted by atomic mass is 9.43. The first-order chi connectivity index (χ1) is 11.4. The number of rotatable bonds is 5. The SMILES string of the molecule is CC(C)C[C@H](NC(=O)C(C)(C)N)B1O[C@@H]2C[C@@H]3C[C@@H](C3(C)C)[C@]2(C)O1. The van der Waals surface area contributed by atoms with Gasteiger partial charge in [-0.15, -0.1) is 0 Å². The minimum Gasteiger partial charge on any atom is -0.404 e. The summed E-state index contributed by atoms with van der Waals surface area (Å²) in [6.07, 6.45) is 3.23. The molecule has 6 heteroatoms. The first-order valence-electron chi connectivity index (χ1n) is 9.78. The highest BCUT2D eigenvalue weighted by Gasteiger charge is 2.68. The van der Waals surface area contributed by atoms with Crippen LogP contribution in [0.15, 0.2) is 0 Å². The summed E-state index contributed by atoms with van der Waals surface area (Å²) < 4.78 is 12.9. The number of amides is 1. The van der Waals surface area contributed by atoms with Crippen molar-refractivity contribution in [3.05, 3.63) is 0 Å².